The van der Waals surface area contributed by atoms with Gasteiger partial charge in [0, 0.05) is 24.9 Å². The van der Waals surface area contributed by atoms with Gasteiger partial charge in [0.15, 0.2) is 15.8 Å². The number of ether oxygens (including phenoxy) is 1. The highest BCUT2D eigenvalue weighted by molar-refractivity contribution is 7.90. The van der Waals surface area contributed by atoms with Crippen LogP contribution >= 0.6 is 0 Å². The topological polar surface area (TPSA) is 79.8 Å². The van der Waals surface area contributed by atoms with Crippen molar-refractivity contribution in [1.82, 2.24) is 10.6 Å². The number of hydrogen-bond donors (Lipinski definition) is 2. The molecule has 0 fully saturated rings. The third kappa shape index (κ3) is 7.71. The fourth-order valence-electron chi connectivity index (χ4n) is 2.87. The summed E-state index contributed by atoms with van der Waals surface area (Å²) in [7, 11) is -3.16. The van der Waals surface area contributed by atoms with Gasteiger partial charge in [-0.1, -0.05) is 31.2 Å². The smallest absolute Gasteiger partial charge is 0.191 e. The lowest BCUT2D eigenvalue weighted by Crippen LogP contribution is -2.38. The van der Waals surface area contributed by atoms with E-state index in [2.05, 4.69) is 42.7 Å². The third-order valence-electron chi connectivity index (χ3n) is 4.49. The normalized spacial score (nSPS) is 11.9. The van der Waals surface area contributed by atoms with E-state index in [1.807, 2.05) is 19.1 Å². The number of nitrogens with zero attached hydrogens (tertiary/aromatic N) is 1. The lowest BCUT2D eigenvalue weighted by Gasteiger charge is -2.13. The molecule has 0 aliphatic rings. The van der Waals surface area contributed by atoms with Crippen LogP contribution in [0.1, 0.15) is 37.0 Å². The Morgan fingerprint density at radius 2 is 1.80 bits per heavy atom. The molecule has 0 aliphatic heterocycles. The molecule has 0 unspecified atom stereocenters. The Bertz CT molecular complexity index is 939. The zero-order valence-electron chi connectivity index (χ0n) is 18.4. The highest BCUT2D eigenvalue weighted by Crippen LogP contribution is 2.21. The van der Waals surface area contributed by atoms with Crippen molar-refractivity contribution in [2.45, 2.75) is 45.1 Å². The molecule has 2 N–H and O–H groups in total. The van der Waals surface area contributed by atoms with Gasteiger partial charge in [-0.3, -0.25) is 0 Å². The van der Waals surface area contributed by atoms with Crippen LogP contribution in [0.25, 0.3) is 0 Å². The van der Waals surface area contributed by atoms with Crippen molar-refractivity contribution < 1.29 is 13.2 Å². The van der Waals surface area contributed by atoms with E-state index in [9.17, 15) is 8.42 Å². The molecular formula is C23H33N3O3S. The molecule has 0 saturated carbocycles. The molecule has 0 aliphatic carbocycles. The number of rotatable bonds is 10. The maximum atomic E-state index is 11.6. The number of hydrogen-bond acceptors (Lipinski definition) is 4. The summed E-state index contributed by atoms with van der Waals surface area (Å²) in [6.07, 6.45) is 2.95. The van der Waals surface area contributed by atoms with Crippen molar-refractivity contribution in [2.75, 3.05) is 26.0 Å². The Labute approximate surface area is 180 Å². The molecule has 0 atom stereocenters. The lowest BCUT2D eigenvalue weighted by molar-refractivity contribution is 0.314. The number of sulfone groups is 1. The van der Waals surface area contributed by atoms with Crippen LogP contribution in [0.15, 0.2) is 52.4 Å². The molecule has 0 amide bonds. The van der Waals surface area contributed by atoms with Gasteiger partial charge in [0.05, 0.1) is 18.0 Å². The lowest BCUT2D eigenvalue weighted by atomic mass is 10.1. The van der Waals surface area contributed by atoms with Crippen LogP contribution in [0.4, 0.5) is 0 Å². The molecule has 0 bridgehead atoms. The second kappa shape index (κ2) is 11.6. The molecule has 0 aromatic heterocycles. The van der Waals surface area contributed by atoms with E-state index in [4.69, 9.17) is 9.73 Å². The van der Waals surface area contributed by atoms with Crippen molar-refractivity contribution in [1.29, 1.82) is 0 Å². The van der Waals surface area contributed by atoms with Crippen LogP contribution in [0.2, 0.25) is 0 Å². The van der Waals surface area contributed by atoms with Crippen LogP contribution in [0, 0.1) is 6.92 Å². The van der Waals surface area contributed by atoms with E-state index in [1.165, 1.54) is 11.8 Å². The highest BCUT2D eigenvalue weighted by Gasteiger charge is 2.07. The van der Waals surface area contributed by atoms with E-state index in [-0.39, 0.29) is 0 Å². The molecule has 7 heteroatoms. The zero-order chi connectivity index (χ0) is 22.0. The second-order valence-corrected chi connectivity index (χ2v) is 9.26. The minimum absolute atomic E-state index is 0.341. The van der Waals surface area contributed by atoms with Crippen LogP contribution in [-0.2, 0) is 22.8 Å². The highest BCUT2D eigenvalue weighted by atomic mass is 32.2. The van der Waals surface area contributed by atoms with Crippen molar-refractivity contribution in [3.63, 3.8) is 0 Å². The average molecular weight is 432 g/mol. The average Bonchev–Trinajstić information content (AvgIpc) is 2.71. The summed E-state index contributed by atoms with van der Waals surface area (Å²) in [4.78, 5) is 5.04. The number of benzene rings is 2. The van der Waals surface area contributed by atoms with Gasteiger partial charge in [0.2, 0.25) is 0 Å². The summed E-state index contributed by atoms with van der Waals surface area (Å²) >= 11 is 0. The molecule has 0 heterocycles. The second-order valence-electron chi connectivity index (χ2n) is 7.25. The summed E-state index contributed by atoms with van der Waals surface area (Å²) in [5.74, 6) is 1.63. The quantitative estimate of drug-likeness (QED) is 0.445. The molecule has 0 spiro atoms. The zero-order valence-corrected chi connectivity index (χ0v) is 19.2. The van der Waals surface area contributed by atoms with Crippen LogP contribution in [-0.4, -0.2) is 40.3 Å². The van der Waals surface area contributed by atoms with E-state index >= 15 is 0 Å². The summed E-state index contributed by atoms with van der Waals surface area (Å²) < 4.78 is 29.0. The molecule has 0 saturated heterocycles. The van der Waals surface area contributed by atoms with Crippen molar-refractivity contribution in [3.8, 4) is 5.75 Å². The summed E-state index contributed by atoms with van der Waals surface area (Å²) in [5, 5.41) is 6.60. The van der Waals surface area contributed by atoms with Gasteiger partial charge in [-0.15, -0.1) is 0 Å². The van der Waals surface area contributed by atoms with Gasteiger partial charge in [-0.25, -0.2) is 13.4 Å². The number of nitrogens with one attached hydrogen (secondary N) is 2. The Morgan fingerprint density at radius 3 is 2.43 bits per heavy atom. The van der Waals surface area contributed by atoms with E-state index in [0.29, 0.717) is 24.6 Å². The van der Waals surface area contributed by atoms with Gasteiger partial charge in [-0.05, 0) is 56.0 Å². The molecule has 2 rings (SSSR count). The molecule has 2 aromatic carbocycles. The number of aliphatic imine (C=N–C) groups is 1. The van der Waals surface area contributed by atoms with Crippen LogP contribution < -0.4 is 15.4 Å². The first-order valence-electron chi connectivity index (χ1n) is 10.4. The Balaban J connectivity index is 1.98. The minimum atomic E-state index is -3.16. The van der Waals surface area contributed by atoms with Crippen molar-refractivity contribution >= 4 is 15.8 Å². The molecular weight excluding hydrogens is 398 g/mol. The van der Waals surface area contributed by atoms with Gasteiger partial charge in [-0.2, -0.15) is 0 Å². The van der Waals surface area contributed by atoms with E-state index < -0.39 is 9.84 Å². The van der Waals surface area contributed by atoms with Crippen LogP contribution in [0.3, 0.4) is 0 Å². The predicted octanol–water partition coefficient (Wildman–Crippen LogP) is 3.49. The number of aryl methyl sites for hydroxylation is 1. The maximum absolute atomic E-state index is 11.6. The SMILES string of the molecule is CCCOc1cc(C)ccc1CN=C(NCC)NCCc1ccc(S(C)(=O)=O)cc1. The molecule has 0 radical (unpaired) electrons. The molecule has 30 heavy (non-hydrogen) atoms. The van der Waals surface area contributed by atoms with Gasteiger partial charge in [0.25, 0.3) is 0 Å². The molecule has 164 valence electrons. The summed E-state index contributed by atoms with van der Waals surface area (Å²) in [6.45, 7) is 8.85. The fraction of sp³-hybridized carbons (Fsp3) is 0.435. The third-order valence-corrected chi connectivity index (χ3v) is 5.62. The fourth-order valence-corrected chi connectivity index (χ4v) is 3.50. The van der Waals surface area contributed by atoms with Gasteiger partial charge >= 0.3 is 0 Å². The Hall–Kier alpha value is -2.54. The van der Waals surface area contributed by atoms with E-state index in [0.717, 1.165) is 42.2 Å². The monoisotopic (exact) mass is 431 g/mol. The van der Waals surface area contributed by atoms with Crippen molar-refractivity contribution in [2.24, 2.45) is 4.99 Å². The van der Waals surface area contributed by atoms with Gasteiger partial charge in [0.1, 0.15) is 5.75 Å². The summed E-state index contributed by atoms with van der Waals surface area (Å²) in [6, 6.07) is 13.2. The standard InChI is InChI=1S/C23H33N3O3S/c1-5-15-29-22-16-18(3)7-10-20(22)17-26-23(24-6-2)25-14-13-19-8-11-21(12-9-19)30(4,27)28/h7-12,16H,5-6,13-15,17H2,1-4H3,(H2,24,25,26). The Kier molecular flexibility index (Phi) is 9.17. The van der Waals surface area contributed by atoms with Gasteiger partial charge < -0.3 is 15.4 Å². The molecule has 6 nitrogen and oxygen atoms in total. The number of guanidine groups is 1. The summed E-state index contributed by atoms with van der Waals surface area (Å²) in [5.41, 5.74) is 3.29. The molecule has 2 aromatic rings. The van der Waals surface area contributed by atoms with E-state index in [1.54, 1.807) is 12.1 Å². The largest absolute Gasteiger partial charge is 0.493 e. The minimum Gasteiger partial charge on any atom is -0.493 e. The van der Waals surface area contributed by atoms with Crippen LogP contribution in [0.5, 0.6) is 5.75 Å². The Morgan fingerprint density at radius 1 is 1.07 bits per heavy atom. The first-order valence-corrected chi connectivity index (χ1v) is 12.3. The predicted molar refractivity (Wildman–Crippen MR) is 123 cm³/mol. The first-order chi connectivity index (χ1) is 14.3. The maximum Gasteiger partial charge on any atom is 0.191 e. The first kappa shape index (κ1) is 23.7. The van der Waals surface area contributed by atoms with Crippen molar-refractivity contribution in [3.05, 3.63) is 59.2 Å².